The zero-order valence-electron chi connectivity index (χ0n) is 22.6. The fourth-order valence-electron chi connectivity index (χ4n) is 7.28. The van der Waals surface area contributed by atoms with Crippen molar-refractivity contribution in [3.63, 3.8) is 0 Å². The number of nitrogens with two attached hydrogens (primary N) is 1. The lowest BCUT2D eigenvalue weighted by molar-refractivity contribution is -0.148. The lowest BCUT2D eigenvalue weighted by atomic mass is 9.87. The summed E-state index contributed by atoms with van der Waals surface area (Å²) in [5.41, 5.74) is 14.8. The van der Waals surface area contributed by atoms with E-state index in [1.165, 1.54) is 41.5 Å². The molecule has 0 amide bonds. The Morgan fingerprint density at radius 1 is 0.825 bits per heavy atom. The van der Waals surface area contributed by atoms with Crippen LogP contribution in [-0.2, 0) is 30.4 Å². The van der Waals surface area contributed by atoms with Crippen LogP contribution in [0.2, 0.25) is 0 Å². The topological polar surface area (TPSA) is 107 Å². The van der Waals surface area contributed by atoms with Crippen molar-refractivity contribution < 1.29 is 4.74 Å². The molecule has 4 aliphatic rings. The fraction of sp³-hybridized carbons (Fsp3) is 0.419. The van der Waals surface area contributed by atoms with Crippen LogP contribution in [0.4, 0.5) is 17.6 Å². The van der Waals surface area contributed by atoms with E-state index in [-0.39, 0.29) is 5.95 Å². The predicted octanol–water partition coefficient (Wildman–Crippen LogP) is 4.26. The van der Waals surface area contributed by atoms with E-state index in [1.807, 2.05) is 0 Å². The molecule has 8 rings (SSSR count). The number of hydrogen-bond donors (Lipinski definition) is 2. The van der Waals surface area contributed by atoms with Crippen LogP contribution in [0.1, 0.15) is 47.9 Å². The van der Waals surface area contributed by atoms with Crippen LogP contribution in [-0.4, -0.2) is 61.2 Å². The summed E-state index contributed by atoms with van der Waals surface area (Å²) in [6.07, 6.45) is 8.99. The molecular weight excluding hydrogens is 500 g/mol. The second-order valence-electron chi connectivity index (χ2n) is 11.7. The van der Waals surface area contributed by atoms with Crippen molar-refractivity contribution >= 4 is 17.6 Å². The van der Waals surface area contributed by atoms with Crippen molar-refractivity contribution in [2.45, 2.75) is 69.5 Å². The number of benzene rings is 2. The predicted molar refractivity (Wildman–Crippen MR) is 154 cm³/mol. The second-order valence-corrected chi connectivity index (χ2v) is 11.7. The van der Waals surface area contributed by atoms with E-state index in [1.54, 1.807) is 4.68 Å². The van der Waals surface area contributed by atoms with Crippen LogP contribution in [0.5, 0.6) is 0 Å². The van der Waals surface area contributed by atoms with Gasteiger partial charge in [-0.3, -0.25) is 4.90 Å². The minimum Gasteiger partial charge on any atom is -0.378 e. The van der Waals surface area contributed by atoms with Gasteiger partial charge in [-0.1, -0.05) is 30.3 Å². The molecule has 2 fully saturated rings. The average molecular weight is 535 g/mol. The summed E-state index contributed by atoms with van der Waals surface area (Å²) < 4.78 is 7.30. The van der Waals surface area contributed by atoms with Gasteiger partial charge in [0.1, 0.15) is 0 Å². The van der Waals surface area contributed by atoms with E-state index in [0.29, 0.717) is 29.9 Å². The van der Waals surface area contributed by atoms with E-state index in [2.05, 4.69) is 79.0 Å². The zero-order valence-corrected chi connectivity index (χ0v) is 22.6. The molecule has 0 radical (unpaired) electrons. The van der Waals surface area contributed by atoms with Gasteiger partial charge in [-0.15, -0.1) is 15.3 Å². The molecule has 2 unspecified atom stereocenters. The first-order valence-electron chi connectivity index (χ1n) is 14.6. The maximum absolute atomic E-state index is 6.31. The lowest BCUT2D eigenvalue weighted by Gasteiger charge is -2.56. The first-order chi connectivity index (χ1) is 19.7. The number of aromatic nitrogens is 5. The molecule has 4 aromatic rings. The van der Waals surface area contributed by atoms with Gasteiger partial charge in [-0.2, -0.15) is 9.67 Å². The first kappa shape index (κ1) is 24.0. The van der Waals surface area contributed by atoms with Gasteiger partial charge in [0.25, 0.3) is 0 Å². The number of nitrogen functional groups attached to an aromatic ring is 1. The number of nitrogens with zero attached hydrogens (tertiary/aromatic N) is 6. The van der Waals surface area contributed by atoms with Crippen molar-refractivity contribution in [2.24, 2.45) is 0 Å². The van der Waals surface area contributed by atoms with Crippen molar-refractivity contribution in [3.8, 4) is 17.1 Å². The number of anilines is 3. The zero-order chi connectivity index (χ0) is 26.6. The van der Waals surface area contributed by atoms with E-state index in [0.717, 1.165) is 62.3 Å². The summed E-state index contributed by atoms with van der Waals surface area (Å²) in [6.45, 7) is 1.81. The van der Waals surface area contributed by atoms with Gasteiger partial charge in [0.15, 0.2) is 5.82 Å². The summed E-state index contributed by atoms with van der Waals surface area (Å²) in [6, 6.07) is 19.1. The molecule has 3 atom stereocenters. The molecule has 0 spiro atoms. The Morgan fingerprint density at radius 3 is 2.52 bits per heavy atom. The Labute approximate surface area is 233 Å². The normalized spacial score (nSPS) is 23.6. The van der Waals surface area contributed by atoms with E-state index in [4.69, 9.17) is 10.5 Å². The van der Waals surface area contributed by atoms with Crippen LogP contribution < -0.4 is 11.1 Å². The molecule has 2 aromatic carbocycles. The highest BCUT2D eigenvalue weighted by atomic mass is 16.5. The van der Waals surface area contributed by atoms with Crippen LogP contribution in [0.3, 0.4) is 0 Å². The van der Waals surface area contributed by atoms with Gasteiger partial charge in [-0.25, -0.2) is 0 Å². The number of aryl methyl sites for hydroxylation is 4. The fourth-order valence-corrected chi connectivity index (χ4v) is 7.28. The molecule has 204 valence electrons. The molecular formula is C31H34N8O. The Morgan fingerprint density at radius 2 is 1.65 bits per heavy atom. The van der Waals surface area contributed by atoms with Crippen molar-refractivity contribution in [1.29, 1.82) is 0 Å². The monoisotopic (exact) mass is 534 g/mol. The number of morpholine rings is 1. The van der Waals surface area contributed by atoms with Crippen molar-refractivity contribution in [1.82, 2.24) is 29.9 Å². The van der Waals surface area contributed by atoms with E-state index in [9.17, 15) is 0 Å². The second kappa shape index (κ2) is 9.67. The van der Waals surface area contributed by atoms with Crippen LogP contribution >= 0.6 is 0 Å². The first-order valence-corrected chi connectivity index (χ1v) is 14.6. The maximum Gasteiger partial charge on any atom is 0.248 e. The van der Waals surface area contributed by atoms with Gasteiger partial charge < -0.3 is 15.8 Å². The van der Waals surface area contributed by atoms with Crippen LogP contribution in [0.25, 0.3) is 17.1 Å². The number of nitrogens with one attached hydrogen (secondary N) is 1. The largest absolute Gasteiger partial charge is 0.378 e. The van der Waals surface area contributed by atoms with Gasteiger partial charge in [0, 0.05) is 29.4 Å². The number of fused-ring (bicyclic) bond motifs is 6. The Bertz CT molecular complexity index is 1570. The maximum atomic E-state index is 6.31. The average Bonchev–Trinajstić information content (AvgIpc) is 3.12. The molecule has 0 saturated carbocycles. The van der Waals surface area contributed by atoms with Crippen LogP contribution in [0.15, 0.2) is 48.5 Å². The van der Waals surface area contributed by atoms with Gasteiger partial charge in [0.2, 0.25) is 11.9 Å². The summed E-state index contributed by atoms with van der Waals surface area (Å²) in [5, 5.41) is 17.1. The summed E-state index contributed by atoms with van der Waals surface area (Å²) in [4.78, 5) is 7.25. The molecule has 9 heteroatoms. The highest BCUT2D eigenvalue weighted by Crippen LogP contribution is 2.37. The van der Waals surface area contributed by atoms with E-state index < -0.39 is 0 Å². The number of hydrogen-bond acceptors (Lipinski definition) is 8. The molecule has 2 aliphatic heterocycles. The smallest absolute Gasteiger partial charge is 0.248 e. The third kappa shape index (κ3) is 4.15. The van der Waals surface area contributed by atoms with Crippen molar-refractivity contribution in [2.75, 3.05) is 24.3 Å². The summed E-state index contributed by atoms with van der Waals surface area (Å²) in [7, 11) is 0. The van der Waals surface area contributed by atoms with Crippen molar-refractivity contribution in [3.05, 3.63) is 70.8 Å². The molecule has 2 aromatic heterocycles. The van der Waals surface area contributed by atoms with Gasteiger partial charge in [0.05, 0.1) is 18.9 Å². The highest BCUT2D eigenvalue weighted by molar-refractivity contribution is 5.68. The molecule has 3 N–H and O–H groups in total. The summed E-state index contributed by atoms with van der Waals surface area (Å²) in [5.74, 6) is 1.33. The molecule has 2 bridgehead atoms. The third-order valence-electron chi connectivity index (χ3n) is 9.26. The minimum atomic E-state index is 0.285. The number of ether oxygens (including phenoxy) is 1. The molecule has 2 aliphatic carbocycles. The quantitative estimate of drug-likeness (QED) is 0.374. The SMILES string of the molecule is Nc1nc(Nc2ccc3c(c2)CC[C@H](N2C4COCC2C4)CC3)nn1-c1cc2c(nn1)-c1ccccc1CCC2. The van der Waals surface area contributed by atoms with Gasteiger partial charge in [-0.05, 0) is 91.8 Å². The molecule has 4 heterocycles. The molecule has 9 nitrogen and oxygen atoms in total. The molecule has 2 saturated heterocycles. The Hall–Kier alpha value is -3.82. The Balaban J connectivity index is 1.00. The third-order valence-corrected chi connectivity index (χ3v) is 9.26. The summed E-state index contributed by atoms with van der Waals surface area (Å²) >= 11 is 0. The Kier molecular flexibility index (Phi) is 5.81. The standard InChI is InChI=1S/C31H34N8O/c32-30-34-31(37-39(30)28-15-22-6-3-5-20-4-1-2-7-27(20)29(22)36-35-28)33-23-11-8-19-9-12-24(13-10-21(19)14-23)38-25-16-26(38)18-40-17-25/h1-2,4,7-8,11,14-15,24-26H,3,5-6,9-10,12-13,16-18H2,(H3,32,33,34,37)/t24-,25?,26?/m1/s1. The number of rotatable bonds is 4. The van der Waals surface area contributed by atoms with Gasteiger partial charge >= 0.3 is 0 Å². The lowest BCUT2D eigenvalue weighted by Crippen LogP contribution is -2.66. The minimum absolute atomic E-state index is 0.285. The van der Waals surface area contributed by atoms with E-state index >= 15 is 0 Å². The highest BCUT2D eigenvalue weighted by Gasteiger charge is 2.45. The molecule has 40 heavy (non-hydrogen) atoms. The van der Waals surface area contributed by atoms with Crippen LogP contribution in [0, 0.1) is 0 Å².